The number of likely N-dealkylation sites (N-methyl/N-ethyl adjacent to an activating group) is 1. The van der Waals surface area contributed by atoms with Crippen LogP contribution in [0.3, 0.4) is 0 Å². The van der Waals surface area contributed by atoms with Crippen LogP contribution in [0.1, 0.15) is 27.2 Å². The first-order valence-corrected chi connectivity index (χ1v) is 8.19. The molecule has 2 saturated heterocycles. The monoisotopic (exact) mass is 330 g/mol. The normalized spacial score (nSPS) is 31.9. The molecule has 0 aliphatic carbocycles. The average molecular weight is 330 g/mol. The van der Waals surface area contributed by atoms with Gasteiger partial charge in [-0.05, 0) is 34.2 Å². The fourth-order valence-corrected chi connectivity index (χ4v) is 3.18. The molecule has 0 aromatic rings. The van der Waals surface area contributed by atoms with Gasteiger partial charge in [0.25, 0.3) is 0 Å². The van der Waals surface area contributed by atoms with Gasteiger partial charge in [-0.25, -0.2) is 4.79 Å². The van der Waals surface area contributed by atoms with Crippen LogP contribution >= 0.6 is 0 Å². The highest BCUT2D eigenvalue weighted by molar-refractivity contribution is 5.69. The molecular formula is C16H30N2O5. The van der Waals surface area contributed by atoms with Gasteiger partial charge in [0.15, 0.2) is 0 Å². The molecule has 23 heavy (non-hydrogen) atoms. The Morgan fingerprint density at radius 3 is 2.61 bits per heavy atom. The average Bonchev–Trinajstić information content (AvgIpc) is 3.02. The van der Waals surface area contributed by atoms with Crippen LogP contribution in [0.5, 0.6) is 0 Å². The standard InChI is InChI=1S/C16H30N2O5/c1-16(2,3)23-15(20)18-8-12(21-5)6-11(18)7-17(4)13-9-22-10-14(13)19/h11-14,19H,6-10H2,1-5H3/t11-,12-,13-,14-/m1/s1. The fourth-order valence-electron chi connectivity index (χ4n) is 3.18. The van der Waals surface area contributed by atoms with Crippen LogP contribution in [0.2, 0.25) is 0 Å². The van der Waals surface area contributed by atoms with Gasteiger partial charge in [-0.1, -0.05) is 0 Å². The van der Waals surface area contributed by atoms with Crippen LogP contribution in [-0.4, -0.2) is 91.4 Å². The molecule has 2 rings (SSSR count). The summed E-state index contributed by atoms with van der Waals surface area (Å²) in [5.41, 5.74) is -0.520. The van der Waals surface area contributed by atoms with Gasteiger partial charge in [0.2, 0.25) is 0 Å². The van der Waals surface area contributed by atoms with E-state index >= 15 is 0 Å². The van der Waals surface area contributed by atoms with E-state index < -0.39 is 11.7 Å². The lowest BCUT2D eigenvalue weighted by Crippen LogP contribution is -2.49. The highest BCUT2D eigenvalue weighted by Crippen LogP contribution is 2.24. The lowest BCUT2D eigenvalue weighted by atomic mass is 10.1. The number of hydrogen-bond acceptors (Lipinski definition) is 6. The molecular weight excluding hydrogens is 300 g/mol. The fraction of sp³-hybridized carbons (Fsp3) is 0.938. The minimum Gasteiger partial charge on any atom is -0.444 e. The summed E-state index contributed by atoms with van der Waals surface area (Å²) < 4.78 is 16.3. The molecule has 7 heteroatoms. The number of carbonyl (C=O) groups excluding carboxylic acids is 1. The van der Waals surface area contributed by atoms with Gasteiger partial charge in [0.05, 0.1) is 44.1 Å². The first-order chi connectivity index (χ1) is 10.7. The van der Waals surface area contributed by atoms with Crippen LogP contribution in [0.15, 0.2) is 0 Å². The SMILES string of the molecule is CO[C@@H]1C[C@H](CN(C)[C@@H]2COC[C@H]2O)N(C(=O)OC(C)(C)C)C1. The number of ether oxygens (including phenoxy) is 3. The van der Waals surface area contributed by atoms with Crippen molar-refractivity contribution in [2.75, 3.05) is 40.5 Å². The van der Waals surface area contributed by atoms with Crippen molar-refractivity contribution >= 4 is 6.09 Å². The second kappa shape index (κ2) is 7.34. The maximum absolute atomic E-state index is 12.5. The van der Waals surface area contributed by atoms with Crippen molar-refractivity contribution < 1.29 is 24.1 Å². The molecule has 2 aliphatic heterocycles. The Labute approximate surface area is 138 Å². The van der Waals surface area contributed by atoms with Crippen LogP contribution < -0.4 is 0 Å². The number of aliphatic hydroxyl groups excluding tert-OH is 1. The van der Waals surface area contributed by atoms with E-state index in [2.05, 4.69) is 4.90 Å². The molecule has 0 unspecified atom stereocenters. The predicted molar refractivity (Wildman–Crippen MR) is 85.4 cm³/mol. The Morgan fingerprint density at radius 1 is 1.39 bits per heavy atom. The number of amides is 1. The van der Waals surface area contributed by atoms with Crippen molar-refractivity contribution in [3.63, 3.8) is 0 Å². The Hall–Kier alpha value is -0.890. The smallest absolute Gasteiger partial charge is 0.410 e. The van der Waals surface area contributed by atoms with Crippen molar-refractivity contribution in [1.82, 2.24) is 9.80 Å². The minimum atomic E-state index is -0.520. The van der Waals surface area contributed by atoms with Gasteiger partial charge in [-0.3, -0.25) is 4.90 Å². The molecule has 0 bridgehead atoms. The Bertz CT molecular complexity index is 412. The summed E-state index contributed by atoms with van der Waals surface area (Å²) in [6.07, 6.45) is 0.00275. The van der Waals surface area contributed by atoms with Gasteiger partial charge in [0, 0.05) is 13.7 Å². The van der Waals surface area contributed by atoms with E-state index in [1.54, 1.807) is 12.0 Å². The van der Waals surface area contributed by atoms with Gasteiger partial charge in [-0.2, -0.15) is 0 Å². The minimum absolute atomic E-state index is 0.00704. The van der Waals surface area contributed by atoms with Crippen molar-refractivity contribution in [3.05, 3.63) is 0 Å². The summed E-state index contributed by atoms with van der Waals surface area (Å²) in [5, 5.41) is 9.96. The first kappa shape index (κ1) is 18.4. The molecule has 4 atom stereocenters. The maximum Gasteiger partial charge on any atom is 0.410 e. The Balaban J connectivity index is 2.00. The molecule has 1 amide bonds. The van der Waals surface area contributed by atoms with E-state index in [9.17, 15) is 9.90 Å². The van der Waals surface area contributed by atoms with Gasteiger partial charge in [-0.15, -0.1) is 0 Å². The molecule has 0 saturated carbocycles. The predicted octanol–water partition coefficient (Wildman–Crippen LogP) is 0.702. The summed E-state index contributed by atoms with van der Waals surface area (Å²) in [7, 11) is 3.62. The molecule has 0 radical (unpaired) electrons. The van der Waals surface area contributed by atoms with E-state index in [1.807, 2.05) is 27.8 Å². The molecule has 0 spiro atoms. The number of aliphatic hydroxyl groups is 1. The van der Waals surface area contributed by atoms with Crippen molar-refractivity contribution in [1.29, 1.82) is 0 Å². The van der Waals surface area contributed by atoms with Gasteiger partial charge in [0.1, 0.15) is 5.60 Å². The topological polar surface area (TPSA) is 71.5 Å². The Morgan fingerprint density at radius 2 is 2.09 bits per heavy atom. The number of rotatable bonds is 4. The van der Waals surface area contributed by atoms with Crippen molar-refractivity contribution in [2.24, 2.45) is 0 Å². The summed E-state index contributed by atoms with van der Waals surface area (Å²) in [4.78, 5) is 16.3. The summed E-state index contributed by atoms with van der Waals surface area (Å²) >= 11 is 0. The lowest BCUT2D eigenvalue weighted by Gasteiger charge is -2.33. The number of methoxy groups -OCH3 is 1. The number of nitrogens with zero attached hydrogens (tertiary/aromatic N) is 2. The van der Waals surface area contributed by atoms with Crippen LogP contribution in [0.4, 0.5) is 4.79 Å². The number of carbonyl (C=O) groups is 1. The largest absolute Gasteiger partial charge is 0.444 e. The third-order valence-corrected chi connectivity index (χ3v) is 4.42. The van der Waals surface area contributed by atoms with E-state index in [-0.39, 0.29) is 24.3 Å². The van der Waals surface area contributed by atoms with E-state index in [1.165, 1.54) is 0 Å². The third kappa shape index (κ3) is 4.79. The first-order valence-electron chi connectivity index (χ1n) is 8.19. The van der Waals surface area contributed by atoms with Crippen molar-refractivity contribution in [2.45, 2.75) is 57.1 Å². The zero-order chi connectivity index (χ0) is 17.2. The molecule has 134 valence electrons. The van der Waals surface area contributed by atoms with E-state index in [0.717, 1.165) is 6.42 Å². The Kier molecular flexibility index (Phi) is 5.89. The molecule has 7 nitrogen and oxygen atoms in total. The van der Waals surface area contributed by atoms with Crippen LogP contribution in [0.25, 0.3) is 0 Å². The van der Waals surface area contributed by atoms with Crippen LogP contribution in [-0.2, 0) is 14.2 Å². The highest BCUT2D eigenvalue weighted by Gasteiger charge is 2.40. The third-order valence-electron chi connectivity index (χ3n) is 4.42. The van der Waals surface area contributed by atoms with Crippen molar-refractivity contribution in [3.8, 4) is 0 Å². The number of hydrogen-bond donors (Lipinski definition) is 1. The molecule has 1 N–H and O–H groups in total. The van der Waals surface area contributed by atoms with Crippen LogP contribution in [0, 0.1) is 0 Å². The molecule has 2 heterocycles. The van der Waals surface area contributed by atoms with Gasteiger partial charge < -0.3 is 24.2 Å². The second-order valence-electron chi connectivity index (χ2n) is 7.49. The molecule has 2 fully saturated rings. The zero-order valence-corrected chi connectivity index (χ0v) is 14.8. The van der Waals surface area contributed by atoms with Gasteiger partial charge >= 0.3 is 6.09 Å². The zero-order valence-electron chi connectivity index (χ0n) is 14.8. The second-order valence-corrected chi connectivity index (χ2v) is 7.49. The quantitative estimate of drug-likeness (QED) is 0.818. The van der Waals surface area contributed by atoms with E-state index in [0.29, 0.717) is 26.3 Å². The molecule has 0 aromatic heterocycles. The summed E-state index contributed by atoms with van der Waals surface area (Å²) in [6, 6.07) is -0.0234. The number of likely N-dealkylation sites (tertiary alicyclic amines) is 1. The van der Waals surface area contributed by atoms with E-state index in [4.69, 9.17) is 14.2 Å². The molecule has 0 aromatic carbocycles. The highest BCUT2D eigenvalue weighted by atomic mass is 16.6. The molecule has 2 aliphatic rings. The summed E-state index contributed by atoms with van der Waals surface area (Å²) in [6.45, 7) is 7.67. The summed E-state index contributed by atoms with van der Waals surface area (Å²) in [5.74, 6) is 0. The maximum atomic E-state index is 12.5. The lowest BCUT2D eigenvalue weighted by molar-refractivity contribution is 0.0150.